The molecule has 3 aromatic carbocycles. The summed E-state index contributed by atoms with van der Waals surface area (Å²) < 4.78 is 45.2. The number of aryl methyl sites for hydroxylation is 2. The van der Waals surface area contributed by atoms with Crippen molar-refractivity contribution in [3.63, 3.8) is 0 Å². The Balaban J connectivity index is 0.883. The van der Waals surface area contributed by atoms with Crippen molar-refractivity contribution in [1.82, 2.24) is 9.79 Å². The Morgan fingerprint density at radius 2 is 1.65 bits per heavy atom. The highest BCUT2D eigenvalue weighted by molar-refractivity contribution is 6.58. The number of fused-ring (bicyclic) bond motifs is 2. The summed E-state index contributed by atoms with van der Waals surface area (Å²) in [5.74, 6) is 0.445. The molecule has 5 N–H and O–H groups in total. The minimum atomic E-state index is -4.06. The summed E-state index contributed by atoms with van der Waals surface area (Å²) >= 11 is 6.50. The average Bonchev–Trinajstić information content (AvgIpc) is 3.73. The molecule has 0 aliphatic carbocycles. The number of carbonyl (C=O) groups excluding carboxylic acids is 1. The molecule has 0 bridgehead atoms. The van der Waals surface area contributed by atoms with Crippen LogP contribution in [0, 0.1) is 13.8 Å². The van der Waals surface area contributed by atoms with E-state index < -0.39 is 44.1 Å². The highest BCUT2D eigenvalue weighted by Gasteiger charge is 2.52. The number of hydrogen-bond donors (Lipinski definition) is 5. The zero-order valence-electron chi connectivity index (χ0n) is 30.4. The van der Waals surface area contributed by atoms with Crippen molar-refractivity contribution in [2.75, 3.05) is 6.61 Å². The maximum atomic E-state index is 15.7. The molecule has 14 heteroatoms. The lowest BCUT2D eigenvalue weighted by Gasteiger charge is -2.40. The molecule has 0 radical (unpaired) electrons. The smallest absolute Gasteiger partial charge is 0.489 e. The van der Waals surface area contributed by atoms with Crippen LogP contribution in [0.3, 0.4) is 0 Å². The number of allylic oxidation sites excluding steroid dienone is 2. The summed E-state index contributed by atoms with van der Waals surface area (Å²) in [6.07, 6.45) is -0.378. The zero-order chi connectivity index (χ0) is 39.0. The van der Waals surface area contributed by atoms with Crippen molar-refractivity contribution in [3.05, 3.63) is 140 Å². The van der Waals surface area contributed by atoms with Gasteiger partial charge >= 0.3 is 6.97 Å². The molecule has 7 rings (SSSR count). The van der Waals surface area contributed by atoms with Crippen LogP contribution in [0.15, 0.2) is 90.6 Å². The number of benzene rings is 3. The summed E-state index contributed by atoms with van der Waals surface area (Å²) in [4.78, 5) is 12.7. The first-order valence-corrected chi connectivity index (χ1v) is 18.6. The molecule has 1 saturated heterocycles. The van der Waals surface area contributed by atoms with E-state index >= 15 is 8.63 Å². The number of hydrogen-bond acceptors (Lipinski definition) is 7. The summed E-state index contributed by atoms with van der Waals surface area (Å²) in [5, 5.41) is 43.9. The van der Waals surface area contributed by atoms with Crippen LogP contribution in [0.2, 0.25) is 5.02 Å². The molecule has 4 aromatic rings. The van der Waals surface area contributed by atoms with Crippen LogP contribution in [0.25, 0.3) is 6.08 Å². The van der Waals surface area contributed by atoms with Crippen molar-refractivity contribution in [1.29, 1.82) is 0 Å². The molecule has 1 fully saturated rings. The fourth-order valence-corrected chi connectivity index (χ4v) is 7.74. The molecule has 0 spiro atoms. The van der Waals surface area contributed by atoms with Crippen LogP contribution in [-0.4, -0.2) is 79.0 Å². The van der Waals surface area contributed by atoms with E-state index in [1.807, 2.05) is 55.5 Å². The first kappa shape index (κ1) is 38.6. The quantitative estimate of drug-likeness (QED) is 0.126. The molecule has 288 valence electrons. The topological polar surface area (TPSA) is 136 Å². The maximum absolute atomic E-state index is 15.7. The van der Waals surface area contributed by atoms with E-state index in [0.29, 0.717) is 58.7 Å². The Kier molecular flexibility index (Phi) is 11.1. The lowest BCUT2D eigenvalue weighted by Crippen LogP contribution is -2.55. The molecule has 4 heterocycles. The van der Waals surface area contributed by atoms with Gasteiger partial charge in [0.05, 0.1) is 6.61 Å². The number of ether oxygens (including phenoxy) is 2. The third-order valence-electron chi connectivity index (χ3n) is 10.5. The molecule has 3 aliphatic heterocycles. The molecule has 10 nitrogen and oxygen atoms in total. The van der Waals surface area contributed by atoms with Crippen LogP contribution < -0.4 is 10.1 Å². The predicted octanol–water partition coefficient (Wildman–Crippen LogP) is 5.14. The second kappa shape index (κ2) is 15.9. The molecule has 1 amide bonds. The third kappa shape index (κ3) is 7.91. The lowest BCUT2D eigenvalue weighted by molar-refractivity contribution is -0.362. The molecule has 0 saturated carbocycles. The molecule has 1 aromatic heterocycles. The van der Waals surface area contributed by atoms with Crippen molar-refractivity contribution in [2.45, 2.75) is 76.8 Å². The second-order valence-electron chi connectivity index (χ2n) is 14.4. The lowest BCUT2D eigenvalue weighted by atomic mass is 9.90. The number of carbonyl (C=O) groups is 1. The van der Waals surface area contributed by atoms with Crippen LogP contribution in [-0.2, 0) is 29.1 Å². The van der Waals surface area contributed by atoms with E-state index in [9.17, 15) is 25.2 Å². The molecule has 3 aliphatic rings. The van der Waals surface area contributed by atoms with E-state index in [-0.39, 0.29) is 18.7 Å². The van der Waals surface area contributed by atoms with E-state index in [1.165, 1.54) is 0 Å². The Hall–Kier alpha value is -4.63. The normalized spacial score (nSPS) is 22.6. The maximum Gasteiger partial charge on any atom is 0.737 e. The van der Waals surface area contributed by atoms with Gasteiger partial charge in [-0.25, -0.2) is 0 Å². The zero-order valence-corrected chi connectivity index (χ0v) is 31.2. The van der Waals surface area contributed by atoms with Gasteiger partial charge in [0.2, 0.25) is 5.91 Å². The largest absolute Gasteiger partial charge is 0.737 e. The van der Waals surface area contributed by atoms with Gasteiger partial charge in [0.15, 0.2) is 5.70 Å². The van der Waals surface area contributed by atoms with Gasteiger partial charge in [0.25, 0.3) is 0 Å². The molecule has 0 unspecified atom stereocenters. The number of rotatable bonds is 12. The first-order chi connectivity index (χ1) is 26.3. The van der Waals surface area contributed by atoms with Crippen LogP contribution >= 0.6 is 11.6 Å². The van der Waals surface area contributed by atoms with Crippen molar-refractivity contribution in [2.24, 2.45) is 0 Å². The average molecular weight is 774 g/mol. The fraction of sp³-hybridized carbons (Fsp3) is 0.317. The van der Waals surface area contributed by atoms with Crippen LogP contribution in [0.1, 0.15) is 63.7 Å². The van der Waals surface area contributed by atoms with E-state index in [1.54, 1.807) is 49.4 Å². The summed E-state index contributed by atoms with van der Waals surface area (Å²) in [5.41, 5.74) is 6.81. The van der Waals surface area contributed by atoms with Gasteiger partial charge in [0, 0.05) is 48.3 Å². The van der Waals surface area contributed by atoms with Gasteiger partial charge in [-0.3, -0.25) is 4.79 Å². The first-order valence-electron chi connectivity index (χ1n) is 18.2. The van der Waals surface area contributed by atoms with Gasteiger partial charge in [-0.05, 0) is 83.6 Å². The van der Waals surface area contributed by atoms with Crippen molar-refractivity contribution < 1.29 is 47.8 Å². The number of amides is 1. The number of nitrogens with zero attached hydrogens (tertiary/aromatic N) is 2. The van der Waals surface area contributed by atoms with Gasteiger partial charge in [-0.15, -0.1) is 0 Å². The highest BCUT2D eigenvalue weighted by Crippen LogP contribution is 2.36. The summed E-state index contributed by atoms with van der Waals surface area (Å²) in [7, 11) is 0. The Bertz CT molecular complexity index is 2170. The van der Waals surface area contributed by atoms with Crippen molar-refractivity contribution in [3.8, 4) is 5.75 Å². The molecule has 5 atom stereocenters. The highest BCUT2D eigenvalue weighted by atomic mass is 35.5. The standard InChI is InChI=1S/C41H43BClF2N3O7/c1-24-17-25(2)47-35(24)20-32-11-10-31(48(32)42(47,44)45)12-16-37(50)46-21-27-3-5-28(6-4-27)23-54-33-13-7-26(8-14-33)18-30-19-29(9-15-34(30)43)41-40(53)39(52)38(51)36(22-49)55-41/h3-11,13-15,17,19-20,36,38-41,49,51-53H,12,16,18,21-23H2,1-2H3,(H,46,50)/t36-,38-,39+,40-,41+/m1/s1. The second-order valence-corrected chi connectivity index (χ2v) is 14.8. The molecular weight excluding hydrogens is 731 g/mol. The number of aliphatic hydroxyl groups is 4. The predicted molar refractivity (Wildman–Crippen MR) is 205 cm³/mol. The van der Waals surface area contributed by atoms with Gasteiger partial charge < -0.3 is 52.8 Å². The SMILES string of the molecule is Cc1cc(C)n2c1C=C1C=CC(CCC(=O)NCc3ccc(COc4ccc(Cc5cc([C@@H]6O[C@H](CO)[C@@H](O)[C@H](O)[C@H]6O)ccc5Cl)cc4)cc3)=[N+]1[B-]2(F)F. The molecular formula is C41H43BClF2N3O7. The van der Waals surface area contributed by atoms with E-state index in [0.717, 1.165) is 36.8 Å². The summed E-state index contributed by atoms with van der Waals surface area (Å²) in [6, 6.07) is 22.2. The van der Waals surface area contributed by atoms with Gasteiger partial charge in [-0.2, -0.15) is 0 Å². The van der Waals surface area contributed by atoms with E-state index in [4.69, 9.17) is 21.1 Å². The van der Waals surface area contributed by atoms with Crippen LogP contribution in [0.4, 0.5) is 8.63 Å². The third-order valence-corrected chi connectivity index (χ3v) is 10.9. The number of aliphatic hydroxyl groups excluding tert-OH is 4. The Morgan fingerprint density at radius 1 is 0.945 bits per heavy atom. The van der Waals surface area contributed by atoms with Crippen LogP contribution in [0.5, 0.6) is 5.75 Å². The minimum absolute atomic E-state index is 0.0818. The van der Waals surface area contributed by atoms with Gasteiger partial charge in [0.1, 0.15) is 48.6 Å². The number of nitrogens with one attached hydrogen (secondary N) is 1. The van der Waals surface area contributed by atoms with Crippen molar-refractivity contribution >= 4 is 36.3 Å². The summed E-state index contributed by atoms with van der Waals surface area (Å²) in [6.45, 7) is -0.422. The Morgan fingerprint density at radius 3 is 2.38 bits per heavy atom. The van der Waals surface area contributed by atoms with Gasteiger partial charge in [-0.1, -0.05) is 60.1 Å². The monoisotopic (exact) mass is 773 g/mol. The minimum Gasteiger partial charge on any atom is -0.489 e. The fourth-order valence-electron chi connectivity index (χ4n) is 7.55. The molecule has 55 heavy (non-hydrogen) atoms. The number of halogens is 3. The Labute approximate surface area is 322 Å². The number of aromatic nitrogens is 1. The van der Waals surface area contributed by atoms with E-state index in [2.05, 4.69) is 5.32 Å².